The molecule has 0 fully saturated rings. The molecular weight excluding hydrogens is 823 g/mol. The van der Waals surface area contributed by atoms with Gasteiger partial charge in [0.2, 0.25) is 0 Å². The van der Waals surface area contributed by atoms with E-state index in [9.17, 15) is 19.5 Å². The summed E-state index contributed by atoms with van der Waals surface area (Å²) in [5, 5.41) is 11.7. The lowest BCUT2D eigenvalue weighted by atomic mass is 10.1. The Morgan fingerprint density at radius 1 is 0.470 bits per heavy atom. The van der Waals surface area contributed by atoms with Crippen molar-refractivity contribution < 1.29 is 38.2 Å². The van der Waals surface area contributed by atoms with E-state index >= 15 is 0 Å². The molecule has 66 heavy (non-hydrogen) atoms. The largest absolute Gasteiger partial charge is 0.544 e. The Bertz CT molecular complexity index is 1580. The van der Waals surface area contributed by atoms with Gasteiger partial charge in [0.05, 0.1) is 40.3 Å². The molecule has 0 bridgehead atoms. The molecule has 0 aromatic carbocycles. The number of quaternary nitrogens is 1. The monoisotopic (exact) mass is 912 g/mol. The Labute approximate surface area is 402 Å². The minimum absolute atomic E-state index is 0.00934. The van der Waals surface area contributed by atoms with Gasteiger partial charge in [-0.3, -0.25) is 9.59 Å². The Hall–Kier alpha value is -4.79. The number of carbonyl (C=O) groups excluding carboxylic acids is 3. The first-order valence-electron chi connectivity index (χ1n) is 25.0. The Morgan fingerprint density at radius 2 is 0.879 bits per heavy atom. The second-order valence-corrected chi connectivity index (χ2v) is 17.1. The molecule has 0 aliphatic carbocycles. The van der Waals surface area contributed by atoms with E-state index in [1.54, 1.807) is 21.1 Å². The summed E-state index contributed by atoms with van der Waals surface area (Å²) >= 11 is 0. The molecule has 0 aliphatic rings. The zero-order valence-corrected chi connectivity index (χ0v) is 41.8. The van der Waals surface area contributed by atoms with Crippen LogP contribution >= 0.6 is 0 Å². The SMILES string of the molecule is CC/C=C/C=C/C=C/C=C/C=C/C=C/C=C/CCCCCC(=O)OCC(COCCC(C(=O)[O-])[N+](C)(C)C)OC(=O)CCCCCCCCC/C=C/C/C=C/C/C=C/C/C=C/C/C=C/CC. The third kappa shape index (κ3) is 44.4. The van der Waals surface area contributed by atoms with Gasteiger partial charge in [0.15, 0.2) is 6.10 Å². The zero-order valence-electron chi connectivity index (χ0n) is 41.8. The molecule has 0 amide bonds. The minimum Gasteiger partial charge on any atom is -0.544 e. The number of aliphatic carboxylic acids is 1. The van der Waals surface area contributed by atoms with Gasteiger partial charge in [-0.15, -0.1) is 0 Å². The van der Waals surface area contributed by atoms with Gasteiger partial charge in [0, 0.05) is 19.3 Å². The number of rotatable bonds is 42. The number of unbranched alkanes of at least 4 members (excludes halogenated alkanes) is 10. The third-order valence-corrected chi connectivity index (χ3v) is 10.2. The number of nitrogens with zero attached hydrogens (tertiary/aromatic N) is 1. The molecule has 0 saturated heterocycles. The van der Waals surface area contributed by atoms with Crippen LogP contribution in [-0.2, 0) is 28.6 Å². The summed E-state index contributed by atoms with van der Waals surface area (Å²) in [5.41, 5.74) is 0. The number of likely N-dealkylation sites (N-methyl/N-ethyl adjacent to an activating group) is 1. The second-order valence-electron chi connectivity index (χ2n) is 17.1. The first-order valence-corrected chi connectivity index (χ1v) is 25.0. The first kappa shape index (κ1) is 61.2. The van der Waals surface area contributed by atoms with Gasteiger partial charge in [-0.25, -0.2) is 0 Å². The van der Waals surface area contributed by atoms with Crippen LogP contribution in [-0.4, -0.2) is 75.5 Å². The van der Waals surface area contributed by atoms with E-state index in [1.165, 1.54) is 19.3 Å². The van der Waals surface area contributed by atoms with Gasteiger partial charge in [-0.05, 0) is 77.0 Å². The summed E-state index contributed by atoms with van der Waals surface area (Å²) in [6, 6.07) is -0.747. The molecule has 8 heteroatoms. The number of allylic oxidation sites excluding steroid dienone is 24. The summed E-state index contributed by atoms with van der Waals surface area (Å²) in [7, 11) is 5.38. The summed E-state index contributed by atoms with van der Waals surface area (Å²) in [6.45, 7) is 4.31. The Balaban J connectivity index is 4.42. The van der Waals surface area contributed by atoms with Crippen molar-refractivity contribution >= 4 is 17.9 Å². The second kappa shape index (κ2) is 46.7. The minimum atomic E-state index is -1.14. The molecule has 0 heterocycles. The first-order chi connectivity index (χ1) is 32.1. The van der Waals surface area contributed by atoms with Crippen LogP contribution in [0.4, 0.5) is 0 Å². The highest BCUT2D eigenvalue weighted by Gasteiger charge is 2.25. The van der Waals surface area contributed by atoms with Crippen molar-refractivity contribution in [2.45, 2.75) is 161 Å². The Morgan fingerprint density at radius 3 is 1.38 bits per heavy atom. The van der Waals surface area contributed by atoms with Crippen molar-refractivity contribution in [2.75, 3.05) is 41.0 Å². The summed E-state index contributed by atoms with van der Waals surface area (Å²) < 4.78 is 17.2. The van der Waals surface area contributed by atoms with Gasteiger partial charge in [0.1, 0.15) is 12.6 Å². The number of hydrogen-bond donors (Lipinski definition) is 0. The van der Waals surface area contributed by atoms with Gasteiger partial charge in [-0.1, -0.05) is 198 Å². The molecule has 0 saturated carbocycles. The fraction of sp³-hybridized carbons (Fsp3) is 0.534. The molecule has 0 aliphatic heterocycles. The smallest absolute Gasteiger partial charge is 0.306 e. The number of hydrogen-bond acceptors (Lipinski definition) is 7. The van der Waals surface area contributed by atoms with Crippen LogP contribution in [0.5, 0.6) is 0 Å². The number of carboxylic acid groups (broad SMARTS) is 1. The van der Waals surface area contributed by atoms with Crippen LogP contribution in [0.1, 0.15) is 149 Å². The molecule has 0 radical (unpaired) electrons. The molecule has 0 N–H and O–H groups in total. The summed E-state index contributed by atoms with van der Waals surface area (Å²) in [5.74, 6) is -1.83. The third-order valence-electron chi connectivity index (χ3n) is 10.2. The van der Waals surface area contributed by atoms with Gasteiger partial charge < -0.3 is 28.6 Å². The molecule has 2 unspecified atom stereocenters. The van der Waals surface area contributed by atoms with E-state index in [2.05, 4.69) is 86.8 Å². The predicted molar refractivity (Wildman–Crippen MR) is 276 cm³/mol. The van der Waals surface area contributed by atoms with Crippen LogP contribution in [0.25, 0.3) is 0 Å². The average Bonchev–Trinajstić information content (AvgIpc) is 3.28. The fourth-order valence-electron chi connectivity index (χ4n) is 6.37. The van der Waals surface area contributed by atoms with Crippen molar-refractivity contribution in [1.82, 2.24) is 0 Å². The van der Waals surface area contributed by atoms with E-state index in [0.29, 0.717) is 6.42 Å². The number of esters is 2. The molecule has 0 aromatic rings. The Kier molecular flexibility index (Phi) is 43.3. The molecule has 0 spiro atoms. The van der Waals surface area contributed by atoms with Crippen LogP contribution < -0.4 is 5.11 Å². The molecule has 0 rings (SSSR count). The van der Waals surface area contributed by atoms with E-state index in [0.717, 1.165) is 89.9 Å². The lowest BCUT2D eigenvalue weighted by Crippen LogP contribution is -2.55. The highest BCUT2D eigenvalue weighted by molar-refractivity contribution is 5.70. The van der Waals surface area contributed by atoms with E-state index in [4.69, 9.17) is 14.2 Å². The van der Waals surface area contributed by atoms with E-state index in [-0.39, 0.29) is 55.5 Å². The van der Waals surface area contributed by atoms with Gasteiger partial charge in [-0.2, -0.15) is 0 Å². The average molecular weight is 912 g/mol. The summed E-state index contributed by atoms with van der Waals surface area (Å²) in [6.07, 6.45) is 68.7. The molecule has 368 valence electrons. The molecule has 0 aromatic heterocycles. The maximum Gasteiger partial charge on any atom is 0.306 e. The van der Waals surface area contributed by atoms with Crippen LogP contribution in [0.15, 0.2) is 146 Å². The van der Waals surface area contributed by atoms with Crippen LogP contribution in [0, 0.1) is 0 Å². The van der Waals surface area contributed by atoms with Crippen molar-refractivity contribution in [2.24, 2.45) is 0 Å². The standard InChI is InChI=1S/C58H89NO7/c1-6-8-10-12-14-16-18-20-22-24-26-27-28-29-31-33-35-37-39-41-43-45-47-49-57(61)66-54(52-64-51-50-55(58(62)63)59(3,4)5)53-65-56(60)48-46-44-42-40-38-36-34-32-30-25-23-21-19-17-15-13-11-9-7-2/h8-11,13-17,19-23,25-27,29-32,34,36,38,54-55H,6-7,12,18,24,28,33,35,37,39-53H2,1-5H3/b10-8+,11-9+,15-13+,16-14+,19-17+,22-20+,23-21+,27-26+,30-25+,31-29+,34-32+,38-36+. The number of carboxylic acids is 1. The fourth-order valence-corrected chi connectivity index (χ4v) is 6.37. The lowest BCUT2D eigenvalue weighted by molar-refractivity contribution is -0.889. The highest BCUT2D eigenvalue weighted by atomic mass is 16.6. The number of ether oxygens (including phenoxy) is 3. The van der Waals surface area contributed by atoms with Crippen molar-refractivity contribution in [3.8, 4) is 0 Å². The number of carbonyl (C=O) groups is 3. The van der Waals surface area contributed by atoms with Crippen molar-refractivity contribution in [3.05, 3.63) is 146 Å². The maximum atomic E-state index is 12.8. The zero-order chi connectivity index (χ0) is 48.4. The topological polar surface area (TPSA) is 102 Å². The van der Waals surface area contributed by atoms with Gasteiger partial charge >= 0.3 is 11.9 Å². The molecule has 8 nitrogen and oxygen atoms in total. The summed E-state index contributed by atoms with van der Waals surface area (Å²) in [4.78, 5) is 37.0. The maximum absolute atomic E-state index is 12.8. The lowest BCUT2D eigenvalue weighted by Gasteiger charge is -2.34. The van der Waals surface area contributed by atoms with E-state index < -0.39 is 18.1 Å². The highest BCUT2D eigenvalue weighted by Crippen LogP contribution is 2.13. The predicted octanol–water partition coefficient (Wildman–Crippen LogP) is 13.2. The van der Waals surface area contributed by atoms with Crippen molar-refractivity contribution in [1.29, 1.82) is 0 Å². The van der Waals surface area contributed by atoms with Gasteiger partial charge in [0.25, 0.3) is 0 Å². The van der Waals surface area contributed by atoms with Crippen molar-refractivity contribution in [3.63, 3.8) is 0 Å². The molecule has 2 atom stereocenters. The van der Waals surface area contributed by atoms with Crippen LogP contribution in [0.2, 0.25) is 0 Å². The molecular formula is C58H89NO7. The normalized spacial score (nSPS) is 14.1. The quantitative estimate of drug-likeness (QED) is 0.0198. The van der Waals surface area contributed by atoms with Crippen LogP contribution in [0.3, 0.4) is 0 Å². The van der Waals surface area contributed by atoms with E-state index in [1.807, 2.05) is 72.9 Å².